The number of carboxylic acid groups (broad SMARTS) is 2. The molecule has 5 aliphatic carbocycles. The second-order valence-corrected chi connectivity index (χ2v) is 17.3. The van der Waals surface area contributed by atoms with Crippen molar-refractivity contribution in [2.75, 3.05) is 0 Å². The first-order valence-corrected chi connectivity index (χ1v) is 17.7. The second kappa shape index (κ2) is 10.8. The Bertz CT molecular complexity index is 1490. The van der Waals surface area contributed by atoms with E-state index in [1.54, 1.807) is 19.1 Å². The van der Waals surface area contributed by atoms with E-state index in [4.69, 9.17) is 0 Å². The summed E-state index contributed by atoms with van der Waals surface area (Å²) >= 11 is 0. The van der Waals surface area contributed by atoms with Gasteiger partial charge >= 0.3 is 11.9 Å². The number of carbonyl (C=O) groups is 3. The molecule has 0 heterocycles. The summed E-state index contributed by atoms with van der Waals surface area (Å²) in [6.07, 6.45) is 11.7. The van der Waals surface area contributed by atoms with Gasteiger partial charge in [-0.25, -0.2) is 4.79 Å². The Morgan fingerprint density at radius 1 is 0.870 bits per heavy atom. The number of hydrogen-bond acceptors (Lipinski definition) is 3. The van der Waals surface area contributed by atoms with E-state index in [1.165, 1.54) is 17.6 Å². The highest BCUT2D eigenvalue weighted by Gasteiger charge is 2.71. The van der Waals surface area contributed by atoms with Gasteiger partial charge in [-0.15, -0.1) is 0 Å². The van der Waals surface area contributed by atoms with E-state index in [-0.39, 0.29) is 39.4 Å². The van der Waals surface area contributed by atoms with Crippen LogP contribution in [-0.2, 0) is 9.59 Å². The Balaban J connectivity index is 1.35. The van der Waals surface area contributed by atoms with Crippen LogP contribution in [0.2, 0.25) is 0 Å². The molecular formula is C40H55NO5. The molecular weight excluding hydrogens is 574 g/mol. The fourth-order valence-electron chi connectivity index (χ4n) is 12.8. The molecule has 0 saturated heterocycles. The number of carboxylic acids is 2. The highest BCUT2D eigenvalue weighted by atomic mass is 16.4. The molecule has 10 atom stereocenters. The third-order valence-corrected chi connectivity index (χ3v) is 15.3. The number of hydrogen-bond donors (Lipinski definition) is 3. The van der Waals surface area contributed by atoms with Gasteiger partial charge < -0.3 is 15.5 Å². The lowest BCUT2D eigenvalue weighted by molar-refractivity contribution is -0.225. The summed E-state index contributed by atoms with van der Waals surface area (Å²) in [7, 11) is 0. The zero-order valence-corrected chi connectivity index (χ0v) is 29.0. The lowest BCUT2D eigenvalue weighted by Crippen LogP contribution is -2.66. The third kappa shape index (κ3) is 4.44. The van der Waals surface area contributed by atoms with Crippen LogP contribution < -0.4 is 5.32 Å². The normalized spacial score (nSPS) is 41.5. The zero-order valence-electron chi connectivity index (χ0n) is 29.0. The Morgan fingerprint density at radius 3 is 2.15 bits per heavy atom. The van der Waals surface area contributed by atoms with Crippen molar-refractivity contribution in [3.05, 3.63) is 53.6 Å². The minimum atomic E-state index is -0.987. The molecule has 4 fully saturated rings. The lowest BCUT2D eigenvalue weighted by Gasteiger charge is -2.72. The van der Waals surface area contributed by atoms with Gasteiger partial charge in [0.25, 0.3) is 0 Å². The van der Waals surface area contributed by atoms with Gasteiger partial charge in [0.15, 0.2) is 0 Å². The van der Waals surface area contributed by atoms with Gasteiger partial charge in [-0.1, -0.05) is 65.0 Å². The SMILES string of the molecule is C=C(C)C1CCC2(C(=O)NC(C)C(=O)O)CCC3(C)C(CCC4C5(C)CC=C(c6ccc(C(=O)O)cc6)C(C)(C)C5CCC43C)C12. The summed E-state index contributed by atoms with van der Waals surface area (Å²) in [4.78, 5) is 37.3. The highest BCUT2D eigenvalue weighted by Crippen LogP contribution is 2.77. The number of aliphatic carboxylic acids is 1. The summed E-state index contributed by atoms with van der Waals surface area (Å²) in [6.45, 7) is 20.7. The number of rotatable bonds is 6. The number of amides is 1. The summed E-state index contributed by atoms with van der Waals surface area (Å²) in [5.74, 6) is 0.0128. The van der Waals surface area contributed by atoms with E-state index >= 15 is 0 Å². The predicted octanol–water partition coefficient (Wildman–Crippen LogP) is 8.63. The molecule has 6 nitrogen and oxygen atoms in total. The standard InChI is InChI=1S/C40H55NO5/c1-23(2)27-15-20-40(35(46)41-24(3)33(42)43)22-21-38(7)29(32(27)40)13-14-31-37(6)18-16-28(25-9-11-26(12-10-25)34(44)45)36(4,5)30(37)17-19-39(31,38)8/h9-12,16,24,27,29-32H,1,13-15,17-22H2,2-8H3,(H,41,46)(H,42,43)(H,44,45). The molecule has 10 unspecified atom stereocenters. The van der Waals surface area contributed by atoms with Gasteiger partial charge in [0.1, 0.15) is 6.04 Å². The maximum Gasteiger partial charge on any atom is 0.335 e. The number of benzene rings is 1. The predicted molar refractivity (Wildman–Crippen MR) is 181 cm³/mol. The topological polar surface area (TPSA) is 104 Å². The van der Waals surface area contributed by atoms with Crippen LogP contribution in [0.15, 0.2) is 42.5 Å². The first-order valence-electron chi connectivity index (χ1n) is 17.7. The quantitative estimate of drug-likeness (QED) is 0.273. The van der Waals surface area contributed by atoms with Crippen LogP contribution in [-0.4, -0.2) is 34.1 Å². The van der Waals surface area contributed by atoms with Crippen LogP contribution >= 0.6 is 0 Å². The summed E-state index contributed by atoms with van der Waals surface area (Å²) in [6, 6.07) is 6.54. The molecule has 250 valence electrons. The van der Waals surface area contributed by atoms with Gasteiger partial charge in [0, 0.05) is 0 Å². The van der Waals surface area contributed by atoms with Gasteiger partial charge in [-0.3, -0.25) is 9.59 Å². The van der Waals surface area contributed by atoms with Crippen molar-refractivity contribution in [1.29, 1.82) is 0 Å². The van der Waals surface area contributed by atoms with Crippen LogP contribution in [0.4, 0.5) is 0 Å². The minimum Gasteiger partial charge on any atom is -0.480 e. The van der Waals surface area contributed by atoms with Crippen LogP contribution in [0.25, 0.3) is 5.57 Å². The van der Waals surface area contributed by atoms with E-state index in [0.717, 1.165) is 56.9 Å². The zero-order chi connectivity index (χ0) is 33.6. The molecule has 1 aromatic carbocycles. The van der Waals surface area contributed by atoms with Crippen LogP contribution in [0.3, 0.4) is 0 Å². The van der Waals surface area contributed by atoms with Crippen molar-refractivity contribution < 1.29 is 24.6 Å². The molecule has 0 aromatic heterocycles. The van der Waals surface area contributed by atoms with Gasteiger partial charge in [0.2, 0.25) is 5.91 Å². The van der Waals surface area contributed by atoms with Gasteiger partial charge in [-0.05, 0) is 146 Å². The van der Waals surface area contributed by atoms with Crippen molar-refractivity contribution in [3.8, 4) is 0 Å². The molecule has 0 radical (unpaired) electrons. The Hall–Kier alpha value is -2.89. The lowest BCUT2D eigenvalue weighted by atomic mass is 9.32. The smallest absolute Gasteiger partial charge is 0.335 e. The molecule has 0 aliphatic heterocycles. The maximum absolute atomic E-state index is 14.1. The molecule has 46 heavy (non-hydrogen) atoms. The van der Waals surface area contributed by atoms with Crippen molar-refractivity contribution in [3.63, 3.8) is 0 Å². The van der Waals surface area contributed by atoms with E-state index in [9.17, 15) is 24.6 Å². The maximum atomic E-state index is 14.1. The molecule has 3 N–H and O–H groups in total. The number of carbonyl (C=O) groups excluding carboxylic acids is 1. The van der Waals surface area contributed by atoms with Gasteiger partial charge in [-0.2, -0.15) is 0 Å². The molecule has 6 heteroatoms. The Kier molecular flexibility index (Phi) is 7.77. The van der Waals surface area contributed by atoms with Gasteiger partial charge in [0.05, 0.1) is 11.0 Å². The summed E-state index contributed by atoms with van der Waals surface area (Å²) < 4.78 is 0. The van der Waals surface area contributed by atoms with Crippen molar-refractivity contribution in [2.45, 2.75) is 112 Å². The fourth-order valence-corrected chi connectivity index (χ4v) is 12.8. The van der Waals surface area contributed by atoms with E-state index < -0.39 is 23.4 Å². The average Bonchev–Trinajstić information content (AvgIpc) is 3.39. The monoisotopic (exact) mass is 629 g/mol. The van der Waals surface area contributed by atoms with Crippen LogP contribution in [0.1, 0.15) is 122 Å². The molecule has 0 spiro atoms. The molecule has 5 aliphatic rings. The summed E-state index contributed by atoms with van der Waals surface area (Å²) in [5, 5.41) is 22.0. The van der Waals surface area contributed by atoms with Crippen molar-refractivity contribution >= 4 is 23.4 Å². The fraction of sp³-hybridized carbons (Fsp3) is 0.675. The van der Waals surface area contributed by atoms with Crippen molar-refractivity contribution in [2.24, 2.45) is 56.7 Å². The van der Waals surface area contributed by atoms with E-state index in [0.29, 0.717) is 23.3 Å². The molecule has 0 bridgehead atoms. The van der Waals surface area contributed by atoms with Crippen molar-refractivity contribution in [1.82, 2.24) is 5.32 Å². The van der Waals surface area contributed by atoms with Crippen LogP contribution in [0.5, 0.6) is 0 Å². The third-order valence-electron chi connectivity index (χ3n) is 15.3. The first kappa shape index (κ1) is 33.0. The molecule has 6 rings (SSSR count). The number of fused-ring (bicyclic) bond motifs is 7. The highest BCUT2D eigenvalue weighted by molar-refractivity contribution is 5.89. The molecule has 4 saturated carbocycles. The van der Waals surface area contributed by atoms with E-state index in [2.05, 4.69) is 59.5 Å². The number of allylic oxidation sites excluding steroid dienone is 3. The average molecular weight is 630 g/mol. The Morgan fingerprint density at radius 2 is 1.54 bits per heavy atom. The second-order valence-electron chi connectivity index (χ2n) is 17.3. The molecule has 1 amide bonds. The number of aromatic carboxylic acids is 1. The van der Waals surface area contributed by atoms with E-state index in [1.807, 2.05) is 12.1 Å². The summed E-state index contributed by atoms with van der Waals surface area (Å²) in [5.41, 5.74) is 3.74. The first-order chi connectivity index (χ1) is 21.4. The van der Waals surface area contributed by atoms with Crippen LogP contribution in [0, 0.1) is 56.7 Å². The number of nitrogens with one attached hydrogen (secondary N) is 1. The minimum absolute atomic E-state index is 0.0477. The molecule has 1 aromatic rings. The largest absolute Gasteiger partial charge is 0.480 e. The Labute approximate surface area is 275 Å².